The molecule has 0 saturated carbocycles. The summed E-state index contributed by atoms with van der Waals surface area (Å²) in [6.07, 6.45) is 2.06. The van der Waals surface area contributed by atoms with Crippen LogP contribution >= 0.6 is 0 Å². The molecule has 0 aliphatic carbocycles. The van der Waals surface area contributed by atoms with Gasteiger partial charge in [0.25, 0.3) is 0 Å². The molecule has 12 heteroatoms. The third-order valence-electron chi connectivity index (χ3n) is 11.3. The number of fused-ring (bicyclic) bond motifs is 8. The van der Waals surface area contributed by atoms with Gasteiger partial charge in [-0.3, -0.25) is 0 Å². The Morgan fingerprint density at radius 1 is 0.692 bits per heavy atom. The molecule has 2 aromatic carbocycles. The molecule has 0 bridgehead atoms. The van der Waals surface area contributed by atoms with Gasteiger partial charge < -0.3 is 50.2 Å². The van der Waals surface area contributed by atoms with Crippen LogP contribution in [0.15, 0.2) is 48.5 Å². The fraction of sp³-hybridized carbons (Fsp3) is 0.500. The molecule has 12 nitrogen and oxygen atoms in total. The van der Waals surface area contributed by atoms with Gasteiger partial charge in [-0.15, -0.1) is 0 Å². The number of carbonyl (C=O) groups excluding carboxylic acids is 2. The minimum atomic E-state index is -2.44. The predicted octanol–water partition coefficient (Wildman–Crippen LogP) is 0.966. The number of aliphatic carboxylic acids is 2. The summed E-state index contributed by atoms with van der Waals surface area (Å²) in [6.45, 7) is 9.58. The minimum absolute atomic E-state index is 0.261. The van der Waals surface area contributed by atoms with Crippen molar-refractivity contribution in [2.45, 2.75) is 76.4 Å². The first-order chi connectivity index (χ1) is 25.1. The zero-order valence-electron chi connectivity index (χ0n) is 29.9. The number of nitrogens with zero attached hydrogens (tertiary/aromatic N) is 2. The van der Waals surface area contributed by atoms with Gasteiger partial charge in [0.15, 0.2) is 0 Å². The van der Waals surface area contributed by atoms with Gasteiger partial charge in [0.2, 0.25) is 11.4 Å². The van der Waals surface area contributed by atoms with Crippen LogP contribution in [0.2, 0.25) is 0 Å². The van der Waals surface area contributed by atoms with Gasteiger partial charge in [-0.05, 0) is 37.8 Å². The topological polar surface area (TPSA) is 199 Å². The number of aromatic nitrogens is 2. The van der Waals surface area contributed by atoms with Gasteiger partial charge >= 0.3 is 0 Å². The number of carboxylic acids is 2. The number of benzene rings is 2. The van der Waals surface area contributed by atoms with Crippen LogP contribution in [0.4, 0.5) is 0 Å². The standard InChI is InChI=1S/2C18H22N2O.C4H6O6/c2*1-2-12-10-20-9-5-6-13(11-21)18(20)17-16(12)14-7-3-4-8-15(14)19-17;5-1(3(7)8)2(6)4(9)10/h2*3-4,7-8,12-13,21H,2,5-6,9-11H2,1H3;1-2,5-6H,(H,7,8)(H,9,10)/t2*12?,13-;/m11./s1. The summed E-state index contributed by atoms with van der Waals surface area (Å²) in [4.78, 5) is 26.6. The molecular formula is C40H50N4O8. The number of carboxylic acid groups (broad SMARTS) is 2. The summed E-state index contributed by atoms with van der Waals surface area (Å²) in [7, 11) is 0. The zero-order chi connectivity index (χ0) is 37.1. The number of hydrogen-bond acceptors (Lipinski definition) is 8. The van der Waals surface area contributed by atoms with Gasteiger partial charge in [-0.25, -0.2) is 9.15 Å². The van der Waals surface area contributed by atoms with Crippen molar-refractivity contribution in [1.82, 2.24) is 9.97 Å². The molecule has 6 atom stereocenters. The van der Waals surface area contributed by atoms with E-state index in [1.165, 1.54) is 81.4 Å². The van der Waals surface area contributed by atoms with Crippen molar-refractivity contribution in [3.63, 3.8) is 0 Å². The van der Waals surface area contributed by atoms with E-state index in [1.54, 1.807) is 0 Å². The van der Waals surface area contributed by atoms with Crippen LogP contribution < -0.4 is 10.2 Å². The average molecular weight is 715 g/mol. The number of para-hydroxylation sites is 2. The summed E-state index contributed by atoms with van der Waals surface area (Å²) in [6, 6.07) is 17.3. The quantitative estimate of drug-likeness (QED) is 0.152. The number of aromatic amines is 2. The van der Waals surface area contributed by atoms with Crippen LogP contribution in [0.5, 0.6) is 0 Å². The van der Waals surface area contributed by atoms with E-state index in [0.29, 0.717) is 23.7 Å². The average Bonchev–Trinajstić information content (AvgIpc) is 3.76. The van der Waals surface area contributed by atoms with Crippen LogP contribution in [0.3, 0.4) is 0 Å². The number of aliphatic hydroxyl groups excluding tert-OH is 4. The van der Waals surface area contributed by atoms with Crippen molar-refractivity contribution in [2.24, 2.45) is 11.8 Å². The third kappa shape index (κ3) is 7.04. The first-order valence-electron chi connectivity index (χ1n) is 18.6. The Balaban J connectivity index is 0.000000144. The Hall–Kier alpha value is -4.36. The lowest BCUT2D eigenvalue weighted by molar-refractivity contribution is -0.540. The summed E-state index contributed by atoms with van der Waals surface area (Å²) in [5.74, 6) is -2.34. The maximum absolute atomic E-state index is 9.79. The lowest BCUT2D eigenvalue weighted by atomic mass is 9.82. The second-order valence-corrected chi connectivity index (χ2v) is 14.4. The largest absolute Gasteiger partial charge is 0.547 e. The second kappa shape index (κ2) is 16.1. The monoisotopic (exact) mass is 714 g/mol. The number of rotatable bonds is 7. The normalized spacial score (nSPS) is 23.3. The highest BCUT2D eigenvalue weighted by Gasteiger charge is 2.42. The summed E-state index contributed by atoms with van der Waals surface area (Å²) >= 11 is 0. The van der Waals surface area contributed by atoms with Gasteiger partial charge in [0.05, 0.1) is 37.0 Å². The maximum Gasteiger partial charge on any atom is 0.205 e. The van der Waals surface area contributed by atoms with Gasteiger partial charge in [-0.2, -0.15) is 0 Å². The molecule has 4 aliphatic heterocycles. The van der Waals surface area contributed by atoms with Crippen molar-refractivity contribution in [2.75, 3.05) is 39.4 Å². The molecule has 0 radical (unpaired) electrons. The molecule has 4 unspecified atom stereocenters. The Labute approximate surface area is 302 Å². The fourth-order valence-electron chi connectivity index (χ4n) is 8.77. The molecule has 6 heterocycles. The first-order valence-corrected chi connectivity index (χ1v) is 18.6. The van der Waals surface area contributed by atoms with E-state index in [2.05, 4.69) is 81.5 Å². The lowest BCUT2D eigenvalue weighted by Crippen LogP contribution is -2.51. The first kappa shape index (κ1) is 37.4. The summed E-state index contributed by atoms with van der Waals surface area (Å²) in [5, 5.41) is 58.1. The summed E-state index contributed by atoms with van der Waals surface area (Å²) in [5.41, 5.74) is 10.8. The molecule has 2 aromatic heterocycles. The molecule has 0 fully saturated rings. The molecule has 0 saturated heterocycles. The molecule has 0 spiro atoms. The third-order valence-corrected chi connectivity index (χ3v) is 11.3. The van der Waals surface area contributed by atoms with E-state index in [1.807, 2.05) is 0 Å². The van der Waals surface area contributed by atoms with Crippen molar-refractivity contribution in [1.29, 1.82) is 0 Å². The van der Waals surface area contributed by atoms with Crippen LogP contribution in [0.25, 0.3) is 21.8 Å². The highest BCUT2D eigenvalue weighted by molar-refractivity contribution is 6.06. The number of aliphatic hydroxyl groups is 4. The molecular weight excluding hydrogens is 664 g/mol. The Morgan fingerprint density at radius 2 is 1.08 bits per heavy atom. The van der Waals surface area contributed by atoms with Crippen LogP contribution in [-0.4, -0.2) is 115 Å². The van der Waals surface area contributed by atoms with Crippen LogP contribution in [-0.2, 0) is 9.59 Å². The van der Waals surface area contributed by atoms with Gasteiger partial charge in [0, 0.05) is 57.6 Å². The van der Waals surface area contributed by atoms with Crippen LogP contribution in [0, 0.1) is 11.8 Å². The SMILES string of the molecule is CCC1C[N+]2=C(c3[nH]c4ccccc4c31)[C@@H](CO)CCC2.CCC1C[N+]2=C(c3[nH]c4ccccc4c31)[C@@H](CO)CCC2.O=C([O-])C(O)C(O)C(=O)[O-]. The van der Waals surface area contributed by atoms with Crippen molar-refractivity contribution in [3.8, 4) is 0 Å². The molecule has 4 aromatic rings. The smallest absolute Gasteiger partial charge is 0.205 e. The van der Waals surface area contributed by atoms with Crippen LogP contribution in [0.1, 0.15) is 86.7 Å². The van der Waals surface area contributed by atoms with E-state index in [-0.39, 0.29) is 13.2 Å². The van der Waals surface area contributed by atoms with E-state index in [9.17, 15) is 30.0 Å². The maximum atomic E-state index is 9.79. The predicted molar refractivity (Wildman–Crippen MR) is 193 cm³/mol. The fourth-order valence-corrected chi connectivity index (χ4v) is 8.77. The molecule has 4 aliphatic rings. The molecule has 0 amide bonds. The molecule has 278 valence electrons. The molecule has 6 N–H and O–H groups in total. The Bertz CT molecular complexity index is 1850. The zero-order valence-corrected chi connectivity index (χ0v) is 29.9. The number of carbonyl (C=O) groups is 2. The number of hydrogen-bond donors (Lipinski definition) is 6. The second-order valence-electron chi connectivity index (χ2n) is 14.4. The molecule has 52 heavy (non-hydrogen) atoms. The highest BCUT2D eigenvalue weighted by atomic mass is 16.4. The minimum Gasteiger partial charge on any atom is -0.547 e. The van der Waals surface area contributed by atoms with E-state index in [4.69, 9.17) is 10.2 Å². The van der Waals surface area contributed by atoms with Crippen molar-refractivity contribution < 1.29 is 49.4 Å². The van der Waals surface area contributed by atoms with E-state index in [0.717, 1.165) is 39.0 Å². The summed E-state index contributed by atoms with van der Waals surface area (Å²) < 4.78 is 5.05. The Morgan fingerprint density at radius 3 is 1.42 bits per heavy atom. The highest BCUT2D eigenvalue weighted by Crippen LogP contribution is 2.39. The van der Waals surface area contributed by atoms with Gasteiger partial charge in [0.1, 0.15) is 49.8 Å². The Kier molecular flexibility index (Phi) is 11.6. The number of H-pyrrole nitrogens is 2. The van der Waals surface area contributed by atoms with Crippen molar-refractivity contribution >= 4 is 45.2 Å². The van der Waals surface area contributed by atoms with Crippen molar-refractivity contribution in [3.05, 3.63) is 71.0 Å². The van der Waals surface area contributed by atoms with E-state index >= 15 is 0 Å². The molecule has 8 rings (SSSR count). The lowest BCUT2D eigenvalue weighted by Gasteiger charge is -2.29. The van der Waals surface area contributed by atoms with Gasteiger partial charge in [-0.1, -0.05) is 50.2 Å². The van der Waals surface area contributed by atoms with E-state index < -0.39 is 24.1 Å². The number of nitrogens with one attached hydrogen (secondary N) is 2.